The van der Waals surface area contributed by atoms with Crippen LogP contribution < -0.4 is 5.32 Å². The van der Waals surface area contributed by atoms with E-state index in [1.54, 1.807) is 0 Å². The van der Waals surface area contributed by atoms with E-state index in [9.17, 15) is 4.79 Å². The van der Waals surface area contributed by atoms with Gasteiger partial charge < -0.3 is 10.1 Å². The molecule has 0 atom stereocenters. The molecule has 0 aliphatic heterocycles. The highest BCUT2D eigenvalue weighted by Gasteiger charge is 2.20. The summed E-state index contributed by atoms with van der Waals surface area (Å²) in [5.41, 5.74) is 0. The summed E-state index contributed by atoms with van der Waals surface area (Å²) in [6.45, 7) is 5.99. The Hall–Kier alpha value is -0.730. The molecule has 1 aliphatic carbocycles. The zero-order chi connectivity index (χ0) is 10.6. The Kier molecular flexibility index (Phi) is 4.23. The molecule has 3 nitrogen and oxygen atoms in total. The van der Waals surface area contributed by atoms with Crippen molar-refractivity contribution >= 4 is 6.09 Å². The van der Waals surface area contributed by atoms with Crippen molar-refractivity contribution in [2.45, 2.75) is 58.6 Å². The maximum atomic E-state index is 11.3. The number of carbonyl (C=O) groups is 1. The number of alkyl carbamates (subject to hydrolysis) is 1. The van der Waals surface area contributed by atoms with Crippen molar-refractivity contribution in [3.8, 4) is 0 Å². The van der Waals surface area contributed by atoms with E-state index >= 15 is 0 Å². The van der Waals surface area contributed by atoms with Crippen molar-refractivity contribution < 1.29 is 9.53 Å². The Balaban J connectivity index is 2.20. The number of hydrogen-bond acceptors (Lipinski definition) is 2. The number of carbonyl (C=O) groups excluding carboxylic acids is 1. The Morgan fingerprint density at radius 3 is 2.36 bits per heavy atom. The Morgan fingerprint density at radius 1 is 1.29 bits per heavy atom. The molecule has 82 valence electrons. The number of amides is 1. The Morgan fingerprint density at radius 2 is 1.86 bits per heavy atom. The molecule has 0 heterocycles. The number of hydrogen-bond donors (Lipinski definition) is 1. The van der Waals surface area contributed by atoms with Crippen molar-refractivity contribution in [1.82, 2.24) is 5.32 Å². The van der Waals surface area contributed by atoms with Crippen LogP contribution in [-0.4, -0.2) is 18.2 Å². The van der Waals surface area contributed by atoms with Crippen LogP contribution in [0, 0.1) is 5.92 Å². The van der Waals surface area contributed by atoms with Gasteiger partial charge in [-0.1, -0.05) is 6.92 Å². The van der Waals surface area contributed by atoms with Gasteiger partial charge in [0.15, 0.2) is 0 Å². The summed E-state index contributed by atoms with van der Waals surface area (Å²) >= 11 is 0. The van der Waals surface area contributed by atoms with E-state index in [0.29, 0.717) is 6.04 Å². The van der Waals surface area contributed by atoms with Gasteiger partial charge in [0.05, 0.1) is 6.10 Å². The topological polar surface area (TPSA) is 38.3 Å². The first-order chi connectivity index (χ1) is 6.58. The van der Waals surface area contributed by atoms with Gasteiger partial charge in [-0.2, -0.15) is 0 Å². The molecule has 0 radical (unpaired) electrons. The number of nitrogens with one attached hydrogen (secondary N) is 1. The summed E-state index contributed by atoms with van der Waals surface area (Å²) in [7, 11) is 0. The van der Waals surface area contributed by atoms with E-state index in [0.717, 1.165) is 18.8 Å². The van der Waals surface area contributed by atoms with E-state index in [2.05, 4.69) is 12.2 Å². The molecule has 1 saturated carbocycles. The Bertz CT molecular complexity index is 184. The molecular formula is C11H21NO2. The lowest BCUT2D eigenvalue weighted by atomic mass is 9.87. The van der Waals surface area contributed by atoms with Gasteiger partial charge in [-0.05, 0) is 45.4 Å². The molecule has 14 heavy (non-hydrogen) atoms. The van der Waals surface area contributed by atoms with Gasteiger partial charge >= 0.3 is 6.09 Å². The standard InChI is InChI=1S/C11H21NO2/c1-8(2)14-11(13)12-10-6-4-9(3)5-7-10/h8-10H,4-7H2,1-3H3,(H,12,13). The lowest BCUT2D eigenvalue weighted by Gasteiger charge is -2.26. The van der Waals surface area contributed by atoms with E-state index in [1.807, 2.05) is 13.8 Å². The van der Waals surface area contributed by atoms with Crippen LogP contribution in [0.15, 0.2) is 0 Å². The van der Waals surface area contributed by atoms with Gasteiger partial charge in [0.1, 0.15) is 0 Å². The zero-order valence-electron chi connectivity index (χ0n) is 9.38. The average Bonchev–Trinajstić information content (AvgIpc) is 2.07. The minimum atomic E-state index is -0.264. The molecule has 3 heteroatoms. The van der Waals surface area contributed by atoms with Crippen LogP contribution in [0.4, 0.5) is 4.79 Å². The molecule has 0 saturated heterocycles. The van der Waals surface area contributed by atoms with E-state index in [4.69, 9.17) is 4.74 Å². The molecule has 0 aromatic rings. The van der Waals surface area contributed by atoms with Crippen LogP contribution in [0.25, 0.3) is 0 Å². The van der Waals surface area contributed by atoms with Crippen LogP contribution >= 0.6 is 0 Å². The first-order valence-corrected chi connectivity index (χ1v) is 5.55. The van der Waals surface area contributed by atoms with Crippen molar-refractivity contribution in [2.24, 2.45) is 5.92 Å². The van der Waals surface area contributed by atoms with Gasteiger partial charge in [-0.25, -0.2) is 4.79 Å². The van der Waals surface area contributed by atoms with E-state index in [1.165, 1.54) is 12.8 Å². The van der Waals surface area contributed by atoms with Crippen molar-refractivity contribution in [3.63, 3.8) is 0 Å². The number of ether oxygens (including phenoxy) is 1. The highest BCUT2D eigenvalue weighted by molar-refractivity contribution is 5.67. The quantitative estimate of drug-likeness (QED) is 0.742. The smallest absolute Gasteiger partial charge is 0.407 e. The summed E-state index contributed by atoms with van der Waals surface area (Å²) in [5.74, 6) is 0.814. The lowest BCUT2D eigenvalue weighted by Crippen LogP contribution is -2.38. The third-order valence-electron chi connectivity index (χ3n) is 2.68. The van der Waals surface area contributed by atoms with Crippen LogP contribution in [-0.2, 0) is 4.74 Å². The maximum Gasteiger partial charge on any atom is 0.407 e. The summed E-state index contributed by atoms with van der Waals surface area (Å²) in [6.07, 6.45) is 4.32. The highest BCUT2D eigenvalue weighted by atomic mass is 16.6. The van der Waals surface area contributed by atoms with Crippen LogP contribution in [0.3, 0.4) is 0 Å². The van der Waals surface area contributed by atoms with E-state index < -0.39 is 0 Å². The van der Waals surface area contributed by atoms with Crippen molar-refractivity contribution in [3.05, 3.63) is 0 Å². The maximum absolute atomic E-state index is 11.3. The second-order valence-electron chi connectivity index (χ2n) is 4.56. The largest absolute Gasteiger partial charge is 0.447 e. The molecule has 1 amide bonds. The molecular weight excluding hydrogens is 178 g/mol. The predicted molar refractivity (Wildman–Crippen MR) is 56.2 cm³/mol. The fourth-order valence-corrected chi connectivity index (χ4v) is 1.82. The molecule has 0 bridgehead atoms. The van der Waals surface area contributed by atoms with Gasteiger partial charge in [-0.15, -0.1) is 0 Å². The van der Waals surface area contributed by atoms with Crippen LogP contribution in [0.2, 0.25) is 0 Å². The summed E-state index contributed by atoms with van der Waals surface area (Å²) < 4.78 is 5.03. The minimum absolute atomic E-state index is 0.0301. The number of rotatable bonds is 2. The third kappa shape index (κ3) is 3.99. The van der Waals surface area contributed by atoms with E-state index in [-0.39, 0.29) is 12.2 Å². The van der Waals surface area contributed by atoms with Gasteiger partial charge in [0, 0.05) is 6.04 Å². The molecule has 0 aromatic carbocycles. The Labute approximate surface area is 86.2 Å². The molecule has 1 rings (SSSR count). The van der Waals surface area contributed by atoms with Gasteiger partial charge in [0.2, 0.25) is 0 Å². The SMILES string of the molecule is CC1CCC(NC(=O)OC(C)C)CC1. The van der Waals surface area contributed by atoms with Crippen molar-refractivity contribution in [1.29, 1.82) is 0 Å². The second kappa shape index (κ2) is 5.23. The molecule has 1 fully saturated rings. The first-order valence-electron chi connectivity index (χ1n) is 5.55. The third-order valence-corrected chi connectivity index (χ3v) is 2.68. The average molecular weight is 199 g/mol. The molecule has 0 aromatic heterocycles. The molecule has 0 spiro atoms. The predicted octanol–water partition coefficient (Wildman–Crippen LogP) is 2.70. The molecule has 1 N–H and O–H groups in total. The molecule has 0 unspecified atom stereocenters. The fraction of sp³-hybridized carbons (Fsp3) is 0.909. The summed E-state index contributed by atoms with van der Waals surface area (Å²) in [4.78, 5) is 11.3. The fourth-order valence-electron chi connectivity index (χ4n) is 1.82. The minimum Gasteiger partial charge on any atom is -0.447 e. The lowest BCUT2D eigenvalue weighted by molar-refractivity contribution is 0.109. The van der Waals surface area contributed by atoms with Gasteiger partial charge in [-0.3, -0.25) is 0 Å². The van der Waals surface area contributed by atoms with Crippen LogP contribution in [0.1, 0.15) is 46.5 Å². The second-order valence-corrected chi connectivity index (χ2v) is 4.56. The summed E-state index contributed by atoms with van der Waals surface area (Å²) in [6, 6.07) is 0.331. The molecule has 1 aliphatic rings. The summed E-state index contributed by atoms with van der Waals surface area (Å²) in [5, 5.41) is 2.91. The highest BCUT2D eigenvalue weighted by Crippen LogP contribution is 2.23. The first kappa shape index (κ1) is 11.3. The van der Waals surface area contributed by atoms with Crippen molar-refractivity contribution in [2.75, 3.05) is 0 Å². The van der Waals surface area contributed by atoms with Gasteiger partial charge in [0.25, 0.3) is 0 Å². The zero-order valence-corrected chi connectivity index (χ0v) is 9.38. The normalized spacial score (nSPS) is 27.4. The van der Waals surface area contributed by atoms with Crippen LogP contribution in [0.5, 0.6) is 0 Å². The monoisotopic (exact) mass is 199 g/mol.